The fourth-order valence-corrected chi connectivity index (χ4v) is 6.68. The molecule has 7 heteroatoms. The molecule has 1 unspecified atom stereocenters. The third-order valence-electron chi connectivity index (χ3n) is 8.49. The molecular formula is C34H62N4O3. The van der Waals surface area contributed by atoms with Gasteiger partial charge in [-0.2, -0.15) is 5.01 Å². The van der Waals surface area contributed by atoms with Crippen molar-refractivity contribution in [2.75, 3.05) is 6.54 Å². The van der Waals surface area contributed by atoms with Crippen molar-refractivity contribution >= 4 is 17.7 Å². The molecule has 0 aromatic rings. The van der Waals surface area contributed by atoms with Gasteiger partial charge in [0.2, 0.25) is 11.8 Å². The lowest BCUT2D eigenvalue weighted by Gasteiger charge is -2.46. The van der Waals surface area contributed by atoms with Crippen LogP contribution in [-0.4, -0.2) is 46.4 Å². The van der Waals surface area contributed by atoms with E-state index >= 15 is 0 Å². The number of carbonyl (C=O) groups excluding carboxylic acids is 3. The Kier molecular flexibility index (Phi) is 16.2. The Labute approximate surface area is 251 Å². The molecule has 41 heavy (non-hydrogen) atoms. The summed E-state index contributed by atoms with van der Waals surface area (Å²) < 4.78 is 0. The van der Waals surface area contributed by atoms with Crippen LogP contribution in [0, 0.1) is 5.92 Å². The van der Waals surface area contributed by atoms with Crippen molar-refractivity contribution in [2.24, 2.45) is 5.92 Å². The number of rotatable bonds is 21. The minimum Gasteiger partial charge on any atom is -0.313 e. The summed E-state index contributed by atoms with van der Waals surface area (Å²) in [5.41, 5.74) is 2.61. The molecule has 2 rings (SSSR count). The van der Waals surface area contributed by atoms with Crippen LogP contribution in [0.5, 0.6) is 0 Å². The van der Waals surface area contributed by atoms with Crippen LogP contribution in [0.3, 0.4) is 0 Å². The van der Waals surface area contributed by atoms with Crippen molar-refractivity contribution in [3.63, 3.8) is 0 Å². The summed E-state index contributed by atoms with van der Waals surface area (Å²) in [5.74, 6) is -1.43. The quantitative estimate of drug-likeness (QED) is 0.0772. The molecular weight excluding hydrogens is 512 g/mol. The molecule has 236 valence electrons. The Hall–Kier alpha value is -1.73. The Morgan fingerprint density at radius 1 is 0.854 bits per heavy atom. The molecule has 3 amide bonds. The summed E-state index contributed by atoms with van der Waals surface area (Å²) >= 11 is 0. The number of hydrogen-bond donors (Lipinski definition) is 3. The van der Waals surface area contributed by atoms with E-state index < -0.39 is 5.92 Å². The van der Waals surface area contributed by atoms with Crippen molar-refractivity contribution in [1.29, 1.82) is 0 Å². The maximum absolute atomic E-state index is 12.7. The molecule has 0 spiro atoms. The number of hydrazine groups is 1. The number of allylic oxidation sites excluding steroid dienone is 1. The average molecular weight is 575 g/mol. The molecule has 3 N–H and O–H groups in total. The molecule has 0 aromatic carbocycles. The number of nitrogens with one attached hydrogen (secondary N) is 3. The number of piperidine rings is 1. The third kappa shape index (κ3) is 14.8. The zero-order chi connectivity index (χ0) is 30.1. The first-order valence-electron chi connectivity index (χ1n) is 16.9. The number of amides is 3. The molecule has 7 nitrogen and oxygen atoms in total. The standard InChI is InChI=1S/C34H62N4O3/c1-6-7-8-9-10-11-12-13-14-15-16-17-18-19-20-21-22-28-25-31(40)38(32(28)41)36-30(39)23-24-35-29-26-33(2,3)37-34(4,5)27-29/h21-22,28-29,35,37H,6-20,23-27H2,1-5H3,(H,36,39). The Morgan fingerprint density at radius 3 is 1.90 bits per heavy atom. The molecule has 0 aliphatic carbocycles. The van der Waals surface area contributed by atoms with E-state index in [-0.39, 0.29) is 41.6 Å². The summed E-state index contributed by atoms with van der Waals surface area (Å²) in [7, 11) is 0. The average Bonchev–Trinajstić information content (AvgIpc) is 3.14. The minimum absolute atomic E-state index is 0.0328. The minimum atomic E-state index is -0.466. The molecule has 1 atom stereocenters. The largest absolute Gasteiger partial charge is 0.313 e. The molecule has 0 bridgehead atoms. The molecule has 2 saturated heterocycles. The van der Waals surface area contributed by atoms with Gasteiger partial charge >= 0.3 is 0 Å². The first-order valence-corrected chi connectivity index (χ1v) is 16.9. The summed E-state index contributed by atoms with van der Waals surface area (Å²) in [5, 5.41) is 8.08. The monoisotopic (exact) mass is 574 g/mol. The fraction of sp³-hybridized carbons (Fsp3) is 0.853. The van der Waals surface area contributed by atoms with Gasteiger partial charge in [-0.15, -0.1) is 0 Å². The van der Waals surface area contributed by atoms with Gasteiger partial charge in [0.15, 0.2) is 0 Å². The maximum atomic E-state index is 12.7. The number of carbonyl (C=O) groups is 3. The van der Waals surface area contributed by atoms with Gasteiger partial charge in [0, 0.05) is 36.5 Å². The van der Waals surface area contributed by atoms with Crippen molar-refractivity contribution in [1.82, 2.24) is 21.1 Å². The number of imide groups is 1. The predicted molar refractivity (Wildman–Crippen MR) is 169 cm³/mol. The molecule has 2 fully saturated rings. The first-order chi connectivity index (χ1) is 19.5. The van der Waals surface area contributed by atoms with Gasteiger partial charge in [0.05, 0.1) is 5.92 Å². The number of unbranched alkanes of at least 4 members (excludes halogenated alkanes) is 14. The first kappa shape index (κ1) is 35.5. The molecule has 2 aliphatic rings. The van der Waals surface area contributed by atoms with Gasteiger partial charge in [0.25, 0.3) is 5.91 Å². The fourth-order valence-electron chi connectivity index (χ4n) is 6.68. The highest BCUT2D eigenvalue weighted by molar-refractivity contribution is 6.05. The second-order valence-electron chi connectivity index (χ2n) is 13.9. The van der Waals surface area contributed by atoms with Crippen LogP contribution in [-0.2, 0) is 14.4 Å². The van der Waals surface area contributed by atoms with E-state index in [0.717, 1.165) is 30.7 Å². The van der Waals surface area contributed by atoms with E-state index in [0.29, 0.717) is 12.6 Å². The predicted octanol–water partition coefficient (Wildman–Crippen LogP) is 7.11. The Morgan fingerprint density at radius 2 is 1.37 bits per heavy atom. The Bertz CT molecular complexity index is 807. The van der Waals surface area contributed by atoms with Crippen LogP contribution in [0.25, 0.3) is 0 Å². The van der Waals surface area contributed by atoms with Crippen molar-refractivity contribution in [3.8, 4) is 0 Å². The van der Waals surface area contributed by atoms with E-state index in [1.54, 1.807) is 0 Å². The summed E-state index contributed by atoms with van der Waals surface area (Å²) in [6.45, 7) is 11.6. The van der Waals surface area contributed by atoms with E-state index in [1.165, 1.54) is 83.5 Å². The normalized spacial score (nSPS) is 20.8. The van der Waals surface area contributed by atoms with Crippen LogP contribution in [0.1, 0.15) is 157 Å². The maximum Gasteiger partial charge on any atom is 0.255 e. The van der Waals surface area contributed by atoms with Gasteiger partial charge in [0.1, 0.15) is 0 Å². The van der Waals surface area contributed by atoms with Crippen molar-refractivity contribution < 1.29 is 14.4 Å². The van der Waals surface area contributed by atoms with Crippen LogP contribution in [0.15, 0.2) is 12.2 Å². The van der Waals surface area contributed by atoms with Crippen LogP contribution in [0.4, 0.5) is 0 Å². The number of nitrogens with zero attached hydrogens (tertiary/aromatic N) is 1. The van der Waals surface area contributed by atoms with E-state index in [9.17, 15) is 14.4 Å². The van der Waals surface area contributed by atoms with Crippen molar-refractivity contribution in [2.45, 2.75) is 174 Å². The lowest BCUT2D eigenvalue weighted by atomic mass is 9.79. The zero-order valence-corrected chi connectivity index (χ0v) is 27.1. The second-order valence-corrected chi connectivity index (χ2v) is 13.9. The zero-order valence-electron chi connectivity index (χ0n) is 27.1. The molecule has 0 aromatic heterocycles. The molecule has 2 aliphatic heterocycles. The smallest absolute Gasteiger partial charge is 0.255 e. The lowest BCUT2D eigenvalue weighted by Crippen LogP contribution is -2.61. The van der Waals surface area contributed by atoms with E-state index in [1.807, 2.05) is 12.2 Å². The van der Waals surface area contributed by atoms with Crippen LogP contribution < -0.4 is 16.1 Å². The van der Waals surface area contributed by atoms with E-state index in [2.05, 4.69) is 50.7 Å². The van der Waals surface area contributed by atoms with Gasteiger partial charge in [-0.25, -0.2) is 0 Å². The lowest BCUT2D eigenvalue weighted by molar-refractivity contribution is -0.148. The van der Waals surface area contributed by atoms with Gasteiger partial charge < -0.3 is 10.6 Å². The topological polar surface area (TPSA) is 90.5 Å². The van der Waals surface area contributed by atoms with Crippen LogP contribution >= 0.6 is 0 Å². The summed E-state index contributed by atoms with van der Waals surface area (Å²) in [6.07, 6.45) is 25.9. The number of hydrogen-bond acceptors (Lipinski definition) is 5. The summed E-state index contributed by atoms with van der Waals surface area (Å²) in [6, 6.07) is 0.318. The highest BCUT2D eigenvalue weighted by Gasteiger charge is 2.39. The van der Waals surface area contributed by atoms with Gasteiger partial charge in [-0.1, -0.05) is 103 Å². The molecule has 0 saturated carbocycles. The highest BCUT2D eigenvalue weighted by Crippen LogP contribution is 2.28. The molecule has 2 heterocycles. The van der Waals surface area contributed by atoms with Crippen LogP contribution in [0.2, 0.25) is 0 Å². The molecule has 0 radical (unpaired) electrons. The highest BCUT2D eigenvalue weighted by atomic mass is 16.2. The van der Waals surface area contributed by atoms with Gasteiger partial charge in [-0.05, 0) is 53.4 Å². The SMILES string of the molecule is CCCCCCCCCCCCCCCCC=CC1CC(=O)N(NC(=O)CCNC2CC(C)(C)NC(C)(C)C2)C1=O. The second kappa shape index (κ2) is 18.7. The van der Waals surface area contributed by atoms with Gasteiger partial charge in [-0.3, -0.25) is 19.8 Å². The Balaban J connectivity index is 1.51. The summed E-state index contributed by atoms with van der Waals surface area (Å²) in [4.78, 5) is 37.6. The third-order valence-corrected chi connectivity index (χ3v) is 8.49. The van der Waals surface area contributed by atoms with Crippen molar-refractivity contribution in [3.05, 3.63) is 12.2 Å². The van der Waals surface area contributed by atoms with E-state index in [4.69, 9.17) is 0 Å².